The number of rotatable bonds is 12. The van der Waals surface area contributed by atoms with Gasteiger partial charge in [0, 0.05) is 18.8 Å². The van der Waals surface area contributed by atoms with E-state index in [9.17, 15) is 0 Å². The highest BCUT2D eigenvalue weighted by molar-refractivity contribution is 5.56. The largest absolute Gasteiger partial charge is 0.372 e. The number of unbranched alkanes of at least 4 members (excludes halogenated alkanes) is 1. The summed E-state index contributed by atoms with van der Waals surface area (Å²) in [6.07, 6.45) is 9.60. The van der Waals surface area contributed by atoms with Crippen LogP contribution in [0.4, 0.5) is 28.4 Å². The maximum absolute atomic E-state index is 4.39. The number of azo groups is 1. The van der Waals surface area contributed by atoms with Crippen LogP contribution in [0.25, 0.3) is 0 Å². The molecular formula is C32H43N5. The molecule has 37 heavy (non-hydrogen) atoms. The van der Waals surface area contributed by atoms with Gasteiger partial charge in [-0.05, 0) is 118 Å². The van der Waals surface area contributed by atoms with Crippen LogP contribution >= 0.6 is 0 Å². The molecule has 0 heterocycles. The van der Waals surface area contributed by atoms with E-state index in [-0.39, 0.29) is 0 Å². The van der Waals surface area contributed by atoms with Gasteiger partial charge in [0.1, 0.15) is 0 Å². The molecular weight excluding hydrogens is 454 g/mol. The summed E-state index contributed by atoms with van der Waals surface area (Å²) in [5.41, 5.74) is 13.0. The van der Waals surface area contributed by atoms with Crippen molar-refractivity contribution >= 4 is 28.4 Å². The van der Waals surface area contributed by atoms with Crippen LogP contribution in [-0.4, -0.2) is 13.1 Å². The SMILES string of the molecule is CCCCC1CCC(c2ccc(NNc3ccc(/N=N/c4ccc(N(CC)CC)cc4)cc3)cc2)CC1. The van der Waals surface area contributed by atoms with E-state index >= 15 is 0 Å². The van der Waals surface area contributed by atoms with E-state index in [0.29, 0.717) is 0 Å². The van der Waals surface area contributed by atoms with Gasteiger partial charge < -0.3 is 15.8 Å². The summed E-state index contributed by atoms with van der Waals surface area (Å²) < 4.78 is 0. The molecule has 4 rings (SSSR count). The number of nitrogens with zero attached hydrogens (tertiary/aromatic N) is 3. The fourth-order valence-electron chi connectivity index (χ4n) is 5.31. The summed E-state index contributed by atoms with van der Waals surface area (Å²) in [5, 5.41) is 8.77. The van der Waals surface area contributed by atoms with E-state index in [1.807, 2.05) is 36.4 Å². The van der Waals surface area contributed by atoms with E-state index in [4.69, 9.17) is 0 Å². The first-order valence-electron chi connectivity index (χ1n) is 14.2. The Bertz CT molecular complexity index is 1080. The van der Waals surface area contributed by atoms with Gasteiger partial charge in [-0.3, -0.25) is 0 Å². The van der Waals surface area contributed by atoms with Crippen molar-refractivity contribution in [2.45, 2.75) is 71.6 Å². The number of hydrogen-bond acceptors (Lipinski definition) is 5. The maximum Gasteiger partial charge on any atom is 0.0858 e. The number of hydrogen-bond donors (Lipinski definition) is 2. The molecule has 0 unspecified atom stereocenters. The van der Waals surface area contributed by atoms with E-state index < -0.39 is 0 Å². The molecule has 5 nitrogen and oxygen atoms in total. The predicted octanol–water partition coefficient (Wildman–Crippen LogP) is 9.85. The van der Waals surface area contributed by atoms with E-state index in [2.05, 4.69) is 83.1 Å². The first-order chi connectivity index (χ1) is 18.2. The standard InChI is InChI=1S/C32H43N5/c1-4-7-8-25-9-11-26(12-10-25)27-13-15-28(16-14-27)33-34-29-17-19-30(20-18-29)35-36-31-21-23-32(24-22-31)37(5-2)6-3/h13-26,33-34H,4-12H2,1-3H3/b36-35+. The van der Waals surface area contributed by atoms with Crippen LogP contribution in [0.1, 0.15) is 77.2 Å². The predicted molar refractivity (Wildman–Crippen MR) is 159 cm³/mol. The Labute approximate surface area is 223 Å². The number of benzene rings is 3. The highest BCUT2D eigenvalue weighted by atomic mass is 15.4. The second-order valence-electron chi connectivity index (χ2n) is 10.2. The van der Waals surface area contributed by atoms with E-state index in [0.717, 1.165) is 47.7 Å². The van der Waals surface area contributed by atoms with Crippen LogP contribution < -0.4 is 15.8 Å². The molecule has 0 bridgehead atoms. The zero-order valence-electron chi connectivity index (χ0n) is 22.8. The third kappa shape index (κ3) is 7.82. The van der Waals surface area contributed by atoms with Gasteiger partial charge in [-0.2, -0.15) is 10.2 Å². The van der Waals surface area contributed by atoms with Gasteiger partial charge in [-0.1, -0.05) is 38.3 Å². The number of hydrazine groups is 1. The maximum atomic E-state index is 4.39. The van der Waals surface area contributed by atoms with Crippen molar-refractivity contribution in [3.8, 4) is 0 Å². The molecule has 0 spiro atoms. The molecule has 1 fully saturated rings. The summed E-state index contributed by atoms with van der Waals surface area (Å²) in [7, 11) is 0. The van der Waals surface area contributed by atoms with Gasteiger partial charge in [0.05, 0.1) is 22.7 Å². The Morgan fingerprint density at radius 1 is 0.676 bits per heavy atom. The summed E-state index contributed by atoms with van der Waals surface area (Å²) in [6.45, 7) is 8.63. The molecule has 3 aromatic carbocycles. The second-order valence-corrected chi connectivity index (χ2v) is 10.2. The smallest absolute Gasteiger partial charge is 0.0858 e. The molecule has 196 valence electrons. The van der Waals surface area contributed by atoms with Crippen LogP contribution in [0.2, 0.25) is 0 Å². The van der Waals surface area contributed by atoms with E-state index in [1.54, 1.807) is 0 Å². The fourth-order valence-corrected chi connectivity index (χ4v) is 5.31. The molecule has 1 saturated carbocycles. The molecule has 0 aliphatic heterocycles. The first-order valence-corrected chi connectivity index (χ1v) is 14.2. The normalized spacial score (nSPS) is 17.6. The van der Waals surface area contributed by atoms with Crippen molar-refractivity contribution < 1.29 is 0 Å². The van der Waals surface area contributed by atoms with Crippen molar-refractivity contribution in [1.29, 1.82) is 0 Å². The molecule has 0 saturated heterocycles. The molecule has 3 aromatic rings. The summed E-state index contributed by atoms with van der Waals surface area (Å²) >= 11 is 0. The lowest BCUT2D eigenvalue weighted by Gasteiger charge is -2.29. The molecule has 5 heteroatoms. The summed E-state index contributed by atoms with van der Waals surface area (Å²) in [4.78, 5) is 2.31. The number of anilines is 3. The van der Waals surface area contributed by atoms with Crippen LogP contribution in [0.5, 0.6) is 0 Å². The molecule has 0 amide bonds. The summed E-state index contributed by atoms with van der Waals surface area (Å²) in [5.74, 6) is 1.68. The molecule has 0 atom stereocenters. The minimum absolute atomic E-state index is 0.724. The first kappa shape index (κ1) is 26.7. The van der Waals surface area contributed by atoms with Crippen LogP contribution in [0.3, 0.4) is 0 Å². The van der Waals surface area contributed by atoms with Crippen LogP contribution in [-0.2, 0) is 0 Å². The topological polar surface area (TPSA) is 52.0 Å². The van der Waals surface area contributed by atoms with E-state index in [1.165, 1.54) is 56.2 Å². The van der Waals surface area contributed by atoms with Crippen molar-refractivity contribution in [2.75, 3.05) is 28.8 Å². The van der Waals surface area contributed by atoms with Gasteiger partial charge in [-0.15, -0.1) is 0 Å². The van der Waals surface area contributed by atoms with Crippen LogP contribution in [0.15, 0.2) is 83.0 Å². The molecule has 0 aromatic heterocycles. The van der Waals surface area contributed by atoms with Gasteiger partial charge in [0.2, 0.25) is 0 Å². The minimum Gasteiger partial charge on any atom is -0.372 e. The third-order valence-electron chi connectivity index (χ3n) is 7.67. The van der Waals surface area contributed by atoms with Crippen molar-refractivity contribution in [2.24, 2.45) is 16.1 Å². The average molecular weight is 498 g/mol. The molecule has 1 aliphatic rings. The highest BCUT2D eigenvalue weighted by Crippen LogP contribution is 2.38. The zero-order chi connectivity index (χ0) is 25.9. The van der Waals surface area contributed by atoms with Crippen molar-refractivity contribution in [3.63, 3.8) is 0 Å². The lowest BCUT2D eigenvalue weighted by molar-refractivity contribution is 0.304. The van der Waals surface area contributed by atoms with Crippen molar-refractivity contribution in [3.05, 3.63) is 78.4 Å². The molecule has 2 N–H and O–H groups in total. The van der Waals surface area contributed by atoms with Gasteiger partial charge in [0.15, 0.2) is 0 Å². The summed E-state index contributed by atoms with van der Waals surface area (Å²) in [6, 6.07) is 25.1. The molecule has 1 aliphatic carbocycles. The quantitative estimate of drug-likeness (QED) is 0.193. The second kappa shape index (κ2) is 13.8. The van der Waals surface area contributed by atoms with Crippen LogP contribution in [0, 0.1) is 5.92 Å². The van der Waals surface area contributed by atoms with Gasteiger partial charge in [0.25, 0.3) is 0 Å². The lowest BCUT2D eigenvalue weighted by Crippen LogP contribution is -2.21. The monoisotopic (exact) mass is 497 g/mol. The Morgan fingerprint density at radius 2 is 1.19 bits per heavy atom. The Balaban J connectivity index is 1.23. The fraction of sp³-hybridized carbons (Fsp3) is 0.438. The molecule has 0 radical (unpaired) electrons. The van der Waals surface area contributed by atoms with Gasteiger partial charge >= 0.3 is 0 Å². The Morgan fingerprint density at radius 3 is 1.70 bits per heavy atom. The lowest BCUT2D eigenvalue weighted by atomic mass is 9.77. The zero-order valence-corrected chi connectivity index (χ0v) is 22.8. The number of nitrogens with one attached hydrogen (secondary N) is 2. The van der Waals surface area contributed by atoms with Gasteiger partial charge in [-0.25, -0.2) is 0 Å². The third-order valence-corrected chi connectivity index (χ3v) is 7.67. The Kier molecular flexibility index (Phi) is 9.98. The van der Waals surface area contributed by atoms with Crippen molar-refractivity contribution in [1.82, 2.24) is 0 Å². The minimum atomic E-state index is 0.724. The Hall–Kier alpha value is -3.34. The highest BCUT2D eigenvalue weighted by Gasteiger charge is 2.21. The average Bonchev–Trinajstić information content (AvgIpc) is 2.96.